The summed E-state index contributed by atoms with van der Waals surface area (Å²) in [6.07, 6.45) is 12.9. The van der Waals surface area contributed by atoms with E-state index in [1.165, 1.54) is 143 Å². The maximum absolute atomic E-state index is 5.95. The van der Waals surface area contributed by atoms with Gasteiger partial charge in [-0.05, 0) is 208 Å². The van der Waals surface area contributed by atoms with Gasteiger partial charge in [-0.15, -0.1) is 0 Å². The normalized spacial score (nSPS) is 12.7. The molecule has 11 heteroatoms. The van der Waals surface area contributed by atoms with E-state index < -0.39 is 0 Å². The molecule has 18 aromatic carbocycles. The molecule has 148 heavy (non-hydrogen) atoms. The number of aryl methyl sites for hydroxylation is 1. The molecule has 0 N–H and O–H groups in total. The Hall–Kier alpha value is -19.0. The smallest absolute Gasteiger partial charge is 0.238 e. The number of hydrogen-bond donors (Lipinski definition) is 0. The van der Waals surface area contributed by atoms with Gasteiger partial charge in [0.2, 0.25) is 5.95 Å². The zero-order valence-electron chi connectivity index (χ0n) is 82.7. The van der Waals surface area contributed by atoms with E-state index in [2.05, 4.69) is 476 Å². The Balaban J connectivity index is 0.000000100. The first-order valence-electron chi connectivity index (χ1n) is 50.7. The van der Waals surface area contributed by atoms with Gasteiger partial charge in [-0.2, -0.15) is 9.97 Å². The maximum atomic E-state index is 5.95. The first-order valence-corrected chi connectivity index (χ1v) is 50.7. The van der Waals surface area contributed by atoms with Crippen molar-refractivity contribution in [2.75, 3.05) is 0 Å². The third-order valence-electron chi connectivity index (χ3n) is 29.8. The van der Waals surface area contributed by atoms with Crippen LogP contribution in [0, 0.1) is 13.8 Å². The highest BCUT2D eigenvalue weighted by Crippen LogP contribution is 2.50. The first kappa shape index (κ1) is 89.1. The molecule has 29 rings (SSSR count). The molecule has 0 amide bonds. The first-order chi connectivity index (χ1) is 72.8. The summed E-state index contributed by atoms with van der Waals surface area (Å²) in [5.74, 6) is 2.86. The van der Waals surface area contributed by atoms with Crippen LogP contribution < -0.4 is 0 Å². The number of allylic oxidation sites excluding steroid dienone is 2. The van der Waals surface area contributed by atoms with Gasteiger partial charge in [0, 0.05) is 116 Å². The van der Waals surface area contributed by atoms with Crippen molar-refractivity contribution in [2.24, 2.45) is 0 Å². The van der Waals surface area contributed by atoms with Gasteiger partial charge in [-0.3, -0.25) is 14.1 Å². The Labute approximate surface area is 857 Å². The van der Waals surface area contributed by atoms with Crippen molar-refractivity contribution in [2.45, 2.75) is 52.4 Å². The minimum atomic E-state index is 0.0147. The van der Waals surface area contributed by atoms with Crippen LogP contribution in [0.1, 0.15) is 61.2 Å². The largest absolute Gasteiger partial charge is 0.464 e. The van der Waals surface area contributed by atoms with Gasteiger partial charge < -0.3 is 18.1 Å². The monoisotopic (exact) mass is 1900 g/mol. The van der Waals surface area contributed by atoms with Gasteiger partial charge in [0.1, 0.15) is 11.4 Å². The molecule has 11 nitrogen and oxygen atoms in total. The fourth-order valence-corrected chi connectivity index (χ4v) is 22.6. The molecule has 0 radical (unpaired) electrons. The average molecular weight is 1900 g/mol. The lowest BCUT2D eigenvalue weighted by atomic mass is 9.86. The van der Waals surface area contributed by atoms with E-state index in [9.17, 15) is 0 Å². The highest BCUT2D eigenvalue weighted by Gasteiger charge is 2.33. The molecule has 0 unspecified atom stereocenters. The molecule has 2 aliphatic carbocycles. The molecule has 0 saturated heterocycles. The Morgan fingerprint density at radius 3 is 1.22 bits per heavy atom. The minimum absolute atomic E-state index is 0.0147. The summed E-state index contributed by atoms with van der Waals surface area (Å²) in [7, 11) is 0. The fraction of sp³-hybridized carbons (Fsp3) is 0.0584. The molecule has 9 aromatic heterocycles. The van der Waals surface area contributed by atoms with Crippen LogP contribution in [0.15, 0.2) is 490 Å². The third kappa shape index (κ3) is 15.7. The quantitative estimate of drug-likeness (QED) is 0.114. The third-order valence-corrected chi connectivity index (χ3v) is 29.8. The van der Waals surface area contributed by atoms with Gasteiger partial charge in [-0.1, -0.05) is 386 Å². The standard InChI is InChI=1S/C39H29N3.C35H27N.C32H24N4.C31H20N2O/c1-26-27(2)41(31-18-10-5-11-19-31)36-23-22-33-32-20-12-13-21-35(32)42(39(33)38(26)36)37-25-30(28-14-6-3-7-15-28)24-34(40-37)29-16-8-4-9-17-29;1-35(2)20-19-31-32(35)18-17-30-29-15-9-10-16-33(29)36(34(30)31)28-22-26(24-11-5-3-6-12-24)21-27(23-28)25-13-7-4-8-14-25;1-32(2)20-19-23-25(32)17-18-27-28(23)24-15-9-10-16-26(24)36(27)31-34-29(21-11-5-3-6-12-21)33-30(35-31)22-13-7-4-8-14-22;1-2-8-21(9-3-1)23-18-24(27-11-6-7-16-32-27)20-25(19-23)33-28-12-5-4-10-26(28)30-29(33)14-13-22-15-17-34-31(22)30/h3-25H,1-2H3;3-23H,1-2H3;3-20H,1-2H3;1-20H. The summed E-state index contributed by atoms with van der Waals surface area (Å²) in [6.45, 7) is 13.6. The van der Waals surface area contributed by atoms with Crippen molar-refractivity contribution in [3.63, 3.8) is 0 Å². The van der Waals surface area contributed by atoms with Crippen molar-refractivity contribution < 1.29 is 4.42 Å². The summed E-state index contributed by atoms with van der Waals surface area (Å²) >= 11 is 0. The van der Waals surface area contributed by atoms with Crippen molar-refractivity contribution in [3.05, 3.63) is 519 Å². The SMILES string of the molecule is CC1(C)C=Cc2c1ccc1c2c2ccccc2n1-c1nc(-c2ccccc2)nc(-c2ccccc2)n1.CC1(C)C=Cc2c1ccc1c3ccccc3n(-c3cc(-c4ccccc4)cc(-c4ccccc4)c3)c21.Cc1c(C)n(-c2ccccc2)c2ccc3c4ccccc4n(-c4cc(-c5ccccc5)cc(-c5ccccc5)n4)c3c12.c1ccc(-c2cc(-c3ccccn3)cc(-n3c4ccccc4c4c5occc5ccc43)c2)cc1. The van der Waals surface area contributed by atoms with E-state index in [4.69, 9.17) is 24.4 Å². The molecular formula is C137H100N10O. The van der Waals surface area contributed by atoms with Crippen LogP contribution in [0.3, 0.4) is 0 Å². The lowest BCUT2D eigenvalue weighted by Crippen LogP contribution is -2.10. The molecular weight excluding hydrogens is 1800 g/mol. The predicted molar refractivity (Wildman–Crippen MR) is 616 cm³/mol. The van der Waals surface area contributed by atoms with Crippen LogP contribution in [0.4, 0.5) is 0 Å². The van der Waals surface area contributed by atoms with Crippen molar-refractivity contribution in [1.82, 2.24) is 47.8 Å². The molecule has 704 valence electrons. The number of para-hydroxylation sites is 5. The zero-order valence-corrected chi connectivity index (χ0v) is 82.7. The maximum Gasteiger partial charge on any atom is 0.238 e. The number of fused-ring (bicyclic) bond motifs is 20. The van der Waals surface area contributed by atoms with Gasteiger partial charge in [0.15, 0.2) is 11.6 Å². The second kappa shape index (κ2) is 36.8. The molecule has 0 aliphatic heterocycles. The summed E-state index contributed by atoms with van der Waals surface area (Å²) in [5, 5.41) is 12.2. The topological polar surface area (TPSA) is 102 Å². The number of hydrogen-bond acceptors (Lipinski definition) is 6. The molecule has 9 heterocycles. The molecule has 27 aromatic rings. The van der Waals surface area contributed by atoms with Crippen molar-refractivity contribution in [3.8, 4) is 119 Å². The summed E-state index contributed by atoms with van der Waals surface area (Å²) in [6, 6.07) is 163. The second-order valence-electron chi connectivity index (χ2n) is 39.6. The highest BCUT2D eigenvalue weighted by molar-refractivity contribution is 6.22. The van der Waals surface area contributed by atoms with E-state index in [1.807, 2.05) is 85.1 Å². The lowest BCUT2D eigenvalue weighted by Gasteiger charge is -2.19. The van der Waals surface area contributed by atoms with Crippen molar-refractivity contribution >= 4 is 121 Å². The fourth-order valence-electron chi connectivity index (χ4n) is 22.6. The Bertz CT molecular complexity index is 9650. The van der Waals surface area contributed by atoms with Gasteiger partial charge >= 0.3 is 0 Å². The van der Waals surface area contributed by atoms with Gasteiger partial charge in [-0.25, -0.2) is 9.97 Å². The van der Waals surface area contributed by atoms with E-state index in [0.29, 0.717) is 17.6 Å². The Morgan fingerprint density at radius 2 is 0.662 bits per heavy atom. The second-order valence-corrected chi connectivity index (χ2v) is 39.6. The molecule has 0 bridgehead atoms. The van der Waals surface area contributed by atoms with Crippen LogP contribution in [0.2, 0.25) is 0 Å². The van der Waals surface area contributed by atoms with Crippen LogP contribution in [-0.4, -0.2) is 47.8 Å². The Kier molecular flexibility index (Phi) is 22.1. The van der Waals surface area contributed by atoms with E-state index >= 15 is 0 Å². The number of rotatable bonds is 13. The highest BCUT2D eigenvalue weighted by atomic mass is 16.3. The summed E-state index contributed by atoms with van der Waals surface area (Å²) in [5.41, 5.74) is 38.4. The molecule has 0 fully saturated rings. The number of nitrogens with zero attached hydrogens (tertiary/aromatic N) is 10. The number of benzene rings is 18. The van der Waals surface area contributed by atoms with E-state index in [-0.39, 0.29) is 10.8 Å². The molecule has 2 aliphatic rings. The number of pyridine rings is 2. The van der Waals surface area contributed by atoms with Gasteiger partial charge in [0.25, 0.3) is 0 Å². The summed E-state index contributed by atoms with van der Waals surface area (Å²) in [4.78, 5) is 24.9. The van der Waals surface area contributed by atoms with Gasteiger partial charge in [0.05, 0.1) is 72.7 Å². The molecule has 0 atom stereocenters. The molecule has 0 spiro atoms. The van der Waals surface area contributed by atoms with E-state index in [0.717, 1.165) is 100 Å². The van der Waals surface area contributed by atoms with Crippen LogP contribution in [-0.2, 0) is 10.8 Å². The van der Waals surface area contributed by atoms with E-state index in [1.54, 1.807) is 6.26 Å². The predicted octanol–water partition coefficient (Wildman–Crippen LogP) is 35.4. The zero-order chi connectivity index (χ0) is 99.2. The molecule has 0 saturated carbocycles. The van der Waals surface area contributed by atoms with Crippen LogP contribution in [0.25, 0.3) is 240 Å². The number of furan rings is 1. The summed E-state index contributed by atoms with van der Waals surface area (Å²) < 4.78 is 17.7. The van der Waals surface area contributed by atoms with Crippen LogP contribution in [0.5, 0.6) is 0 Å². The van der Waals surface area contributed by atoms with Crippen molar-refractivity contribution in [1.29, 1.82) is 0 Å². The minimum Gasteiger partial charge on any atom is -0.464 e. The number of aromatic nitrogens is 10. The Morgan fingerprint density at radius 1 is 0.250 bits per heavy atom. The average Bonchev–Trinajstić information content (AvgIpc) is 1.56. The van der Waals surface area contributed by atoms with Crippen LogP contribution >= 0.6 is 0 Å². The lowest BCUT2D eigenvalue weighted by molar-refractivity contribution is 0.619.